The summed E-state index contributed by atoms with van der Waals surface area (Å²) >= 11 is 0. The lowest BCUT2D eigenvalue weighted by Gasteiger charge is -2.30. The number of carbonyl (C=O) groups is 2. The molecule has 6 heteroatoms. The SMILES string of the molecule is O=C(O)C1CCCN(C(=O)c2cccnc2F)C1. The Morgan fingerprint density at radius 2 is 2.28 bits per heavy atom. The van der Waals surface area contributed by atoms with Gasteiger partial charge in [0.25, 0.3) is 5.91 Å². The third kappa shape index (κ3) is 2.47. The molecule has 1 N–H and O–H groups in total. The number of halogens is 1. The number of likely N-dealkylation sites (tertiary alicyclic amines) is 1. The zero-order valence-corrected chi connectivity index (χ0v) is 9.67. The maximum atomic E-state index is 13.4. The minimum Gasteiger partial charge on any atom is -0.481 e. The molecule has 1 saturated heterocycles. The second kappa shape index (κ2) is 5.12. The Bertz CT molecular complexity index is 478. The van der Waals surface area contributed by atoms with Crippen LogP contribution in [-0.2, 0) is 4.79 Å². The van der Waals surface area contributed by atoms with Crippen LogP contribution in [0.1, 0.15) is 23.2 Å². The van der Waals surface area contributed by atoms with Crippen molar-refractivity contribution in [2.24, 2.45) is 5.92 Å². The summed E-state index contributed by atoms with van der Waals surface area (Å²) in [6.07, 6.45) is 2.43. The first-order chi connectivity index (χ1) is 8.59. The molecule has 2 rings (SSSR count). The van der Waals surface area contributed by atoms with E-state index in [0.717, 1.165) is 0 Å². The fraction of sp³-hybridized carbons (Fsp3) is 0.417. The predicted molar refractivity (Wildman–Crippen MR) is 60.5 cm³/mol. The van der Waals surface area contributed by atoms with E-state index in [9.17, 15) is 14.0 Å². The van der Waals surface area contributed by atoms with Crippen molar-refractivity contribution < 1.29 is 19.1 Å². The molecule has 1 aromatic rings. The number of carboxylic acids is 1. The molecule has 0 spiro atoms. The van der Waals surface area contributed by atoms with Crippen LogP contribution in [0.5, 0.6) is 0 Å². The number of carbonyl (C=O) groups excluding carboxylic acids is 1. The molecule has 0 bridgehead atoms. The molecule has 0 aromatic carbocycles. The largest absolute Gasteiger partial charge is 0.481 e. The van der Waals surface area contributed by atoms with Gasteiger partial charge in [-0.2, -0.15) is 4.39 Å². The molecule has 1 atom stereocenters. The highest BCUT2D eigenvalue weighted by molar-refractivity contribution is 5.94. The second-order valence-corrected chi connectivity index (χ2v) is 4.27. The molecule has 2 heterocycles. The van der Waals surface area contributed by atoms with Gasteiger partial charge in [-0.05, 0) is 25.0 Å². The van der Waals surface area contributed by atoms with Gasteiger partial charge in [-0.25, -0.2) is 4.98 Å². The minimum absolute atomic E-state index is 0.108. The van der Waals surface area contributed by atoms with Crippen molar-refractivity contribution in [3.05, 3.63) is 29.8 Å². The van der Waals surface area contributed by atoms with E-state index in [1.165, 1.54) is 23.2 Å². The normalized spacial score (nSPS) is 19.6. The Kier molecular flexibility index (Phi) is 3.55. The first-order valence-corrected chi connectivity index (χ1v) is 5.72. The van der Waals surface area contributed by atoms with Gasteiger partial charge in [-0.15, -0.1) is 0 Å². The summed E-state index contributed by atoms with van der Waals surface area (Å²) in [6.45, 7) is 0.583. The molecule has 0 aliphatic carbocycles. The average Bonchev–Trinajstić information content (AvgIpc) is 2.38. The molecule has 5 nitrogen and oxygen atoms in total. The van der Waals surface area contributed by atoms with E-state index >= 15 is 0 Å². The molecular formula is C12H13FN2O3. The van der Waals surface area contributed by atoms with Crippen LogP contribution in [0.4, 0.5) is 4.39 Å². The third-order valence-electron chi connectivity index (χ3n) is 3.05. The van der Waals surface area contributed by atoms with Gasteiger partial charge < -0.3 is 10.0 Å². The van der Waals surface area contributed by atoms with E-state index in [1.807, 2.05) is 0 Å². The second-order valence-electron chi connectivity index (χ2n) is 4.27. The lowest BCUT2D eigenvalue weighted by molar-refractivity contribution is -0.143. The summed E-state index contributed by atoms with van der Waals surface area (Å²) in [5.41, 5.74) is -0.108. The summed E-state index contributed by atoms with van der Waals surface area (Å²) < 4.78 is 13.4. The van der Waals surface area contributed by atoms with Crippen LogP contribution in [0, 0.1) is 11.9 Å². The van der Waals surface area contributed by atoms with Crippen LogP contribution in [0.25, 0.3) is 0 Å². The van der Waals surface area contributed by atoms with E-state index in [0.29, 0.717) is 19.4 Å². The Hall–Kier alpha value is -1.98. The van der Waals surface area contributed by atoms with Crippen LogP contribution in [0.2, 0.25) is 0 Å². The molecule has 0 radical (unpaired) electrons. The van der Waals surface area contributed by atoms with Gasteiger partial charge in [-0.1, -0.05) is 0 Å². The number of aromatic nitrogens is 1. The number of piperidine rings is 1. The number of carboxylic acid groups (broad SMARTS) is 1. The molecule has 1 amide bonds. The summed E-state index contributed by atoms with van der Waals surface area (Å²) in [5, 5.41) is 8.94. The highest BCUT2D eigenvalue weighted by atomic mass is 19.1. The average molecular weight is 252 g/mol. The van der Waals surface area contributed by atoms with Crippen molar-refractivity contribution in [2.75, 3.05) is 13.1 Å². The van der Waals surface area contributed by atoms with Crippen LogP contribution >= 0.6 is 0 Å². The third-order valence-corrected chi connectivity index (χ3v) is 3.05. The van der Waals surface area contributed by atoms with E-state index in [1.54, 1.807) is 0 Å². The standard InChI is InChI=1S/C12H13FN2O3/c13-10-9(4-1-5-14-10)11(16)15-6-2-3-8(7-15)12(17)18/h1,4-5,8H,2-3,6-7H2,(H,17,18). The Morgan fingerprint density at radius 3 is 2.94 bits per heavy atom. The maximum Gasteiger partial charge on any atom is 0.308 e. The molecule has 1 aliphatic rings. The van der Waals surface area contributed by atoms with E-state index in [-0.39, 0.29) is 12.1 Å². The Balaban J connectivity index is 2.14. The van der Waals surface area contributed by atoms with Crippen molar-refractivity contribution in [3.63, 3.8) is 0 Å². The van der Waals surface area contributed by atoms with E-state index < -0.39 is 23.7 Å². The van der Waals surface area contributed by atoms with Gasteiger partial charge in [0.15, 0.2) is 0 Å². The molecule has 1 aliphatic heterocycles. The summed E-state index contributed by atoms with van der Waals surface area (Å²) in [5.74, 6) is -2.80. The summed E-state index contributed by atoms with van der Waals surface area (Å²) in [6, 6.07) is 2.84. The van der Waals surface area contributed by atoms with Crippen LogP contribution in [0.15, 0.2) is 18.3 Å². The van der Waals surface area contributed by atoms with E-state index in [2.05, 4.69) is 4.98 Å². The lowest BCUT2D eigenvalue weighted by atomic mass is 9.98. The minimum atomic E-state index is -0.917. The number of nitrogens with zero attached hydrogens (tertiary/aromatic N) is 2. The zero-order chi connectivity index (χ0) is 13.1. The molecule has 1 aromatic heterocycles. The predicted octanol–water partition coefficient (Wildman–Crippen LogP) is 1.16. The van der Waals surface area contributed by atoms with Crippen LogP contribution < -0.4 is 0 Å². The number of hydrogen-bond acceptors (Lipinski definition) is 3. The Morgan fingerprint density at radius 1 is 1.50 bits per heavy atom. The lowest BCUT2D eigenvalue weighted by Crippen LogP contribution is -2.42. The summed E-state index contributed by atoms with van der Waals surface area (Å²) in [7, 11) is 0. The topological polar surface area (TPSA) is 70.5 Å². The smallest absolute Gasteiger partial charge is 0.308 e. The number of amides is 1. The number of hydrogen-bond donors (Lipinski definition) is 1. The molecule has 0 saturated carbocycles. The van der Waals surface area contributed by atoms with Gasteiger partial charge in [0.1, 0.15) is 0 Å². The molecular weight excluding hydrogens is 239 g/mol. The molecule has 96 valence electrons. The monoisotopic (exact) mass is 252 g/mol. The molecule has 1 unspecified atom stereocenters. The van der Waals surface area contributed by atoms with Crippen molar-refractivity contribution in [1.82, 2.24) is 9.88 Å². The Labute approximate surface area is 103 Å². The molecule has 18 heavy (non-hydrogen) atoms. The van der Waals surface area contributed by atoms with E-state index in [4.69, 9.17) is 5.11 Å². The van der Waals surface area contributed by atoms with Gasteiger partial charge in [0.2, 0.25) is 5.95 Å². The maximum absolute atomic E-state index is 13.4. The van der Waals surface area contributed by atoms with Gasteiger partial charge in [-0.3, -0.25) is 9.59 Å². The van der Waals surface area contributed by atoms with Crippen molar-refractivity contribution >= 4 is 11.9 Å². The van der Waals surface area contributed by atoms with Crippen molar-refractivity contribution in [1.29, 1.82) is 0 Å². The van der Waals surface area contributed by atoms with Crippen molar-refractivity contribution in [2.45, 2.75) is 12.8 Å². The number of aliphatic carboxylic acids is 1. The van der Waals surface area contributed by atoms with Gasteiger partial charge in [0, 0.05) is 19.3 Å². The van der Waals surface area contributed by atoms with Gasteiger partial charge >= 0.3 is 5.97 Å². The quantitative estimate of drug-likeness (QED) is 0.802. The first-order valence-electron chi connectivity index (χ1n) is 5.72. The van der Waals surface area contributed by atoms with Crippen LogP contribution in [-0.4, -0.2) is 40.0 Å². The zero-order valence-electron chi connectivity index (χ0n) is 9.67. The van der Waals surface area contributed by atoms with Gasteiger partial charge in [0.05, 0.1) is 11.5 Å². The fourth-order valence-electron chi connectivity index (χ4n) is 2.08. The number of rotatable bonds is 2. The highest BCUT2D eigenvalue weighted by Crippen LogP contribution is 2.19. The number of pyridine rings is 1. The highest BCUT2D eigenvalue weighted by Gasteiger charge is 2.29. The summed E-state index contributed by atoms with van der Waals surface area (Å²) in [4.78, 5) is 27.7. The fourth-order valence-corrected chi connectivity index (χ4v) is 2.08. The molecule has 1 fully saturated rings. The van der Waals surface area contributed by atoms with Crippen molar-refractivity contribution in [3.8, 4) is 0 Å². The first kappa shape index (κ1) is 12.5. The van der Waals surface area contributed by atoms with Crippen LogP contribution in [0.3, 0.4) is 0 Å².